The van der Waals surface area contributed by atoms with Crippen LogP contribution in [0.1, 0.15) is 36.9 Å². The van der Waals surface area contributed by atoms with Crippen LogP contribution in [0, 0.1) is 17.2 Å². The van der Waals surface area contributed by atoms with Crippen LogP contribution in [0.5, 0.6) is 0 Å². The van der Waals surface area contributed by atoms with Crippen molar-refractivity contribution in [3.8, 4) is 6.07 Å². The van der Waals surface area contributed by atoms with Crippen LogP contribution >= 0.6 is 0 Å². The summed E-state index contributed by atoms with van der Waals surface area (Å²) < 4.78 is 0. The maximum Gasteiger partial charge on any atom is 0.276 e. The first-order valence-electron chi connectivity index (χ1n) is 9.18. The zero-order chi connectivity index (χ0) is 18.6. The van der Waals surface area contributed by atoms with Crippen molar-refractivity contribution in [3.05, 3.63) is 71.8 Å². The van der Waals surface area contributed by atoms with Crippen LogP contribution in [-0.4, -0.2) is 25.0 Å². The largest absolute Gasteiger partial charge is 0.333 e. The topological polar surface area (TPSA) is 57.3 Å². The molecule has 4 heteroatoms. The van der Waals surface area contributed by atoms with E-state index in [1.54, 1.807) is 0 Å². The van der Waals surface area contributed by atoms with Crippen LogP contribution in [0.4, 0.5) is 0 Å². The van der Waals surface area contributed by atoms with E-state index >= 15 is 0 Å². The van der Waals surface area contributed by atoms with Crippen LogP contribution in [0.15, 0.2) is 60.7 Å². The van der Waals surface area contributed by atoms with Crippen LogP contribution < -0.4 is 10.2 Å². The number of carbonyl (C=O) groups is 1. The monoisotopic (exact) mass is 348 g/mol. The fraction of sp³-hybridized carbons (Fsp3) is 0.364. The lowest BCUT2D eigenvalue weighted by Crippen LogP contribution is -3.10. The highest BCUT2D eigenvalue weighted by Crippen LogP contribution is 2.39. The van der Waals surface area contributed by atoms with Crippen molar-refractivity contribution in [2.75, 3.05) is 13.6 Å². The molecule has 26 heavy (non-hydrogen) atoms. The normalized spacial score (nSPS) is 17.2. The van der Waals surface area contributed by atoms with E-state index in [9.17, 15) is 10.1 Å². The van der Waals surface area contributed by atoms with Crippen LogP contribution in [0.3, 0.4) is 0 Å². The van der Waals surface area contributed by atoms with Crippen LogP contribution in [-0.2, 0) is 4.79 Å². The third-order valence-corrected chi connectivity index (χ3v) is 5.22. The number of hydrogen-bond acceptors (Lipinski definition) is 2. The lowest BCUT2D eigenvalue weighted by atomic mass is 9.96. The van der Waals surface area contributed by atoms with E-state index < -0.39 is 5.54 Å². The third kappa shape index (κ3) is 4.12. The number of nitrogens with one attached hydrogen (secondary N) is 2. The van der Waals surface area contributed by atoms with E-state index in [0.29, 0.717) is 6.54 Å². The maximum atomic E-state index is 12.6. The summed E-state index contributed by atoms with van der Waals surface area (Å²) in [7, 11) is 2.03. The molecule has 2 aromatic rings. The SMILES string of the molecule is C[NH+](CC(=O)N[C@@](C)(C#N)C1CC1)C(c1ccccc1)c1ccccc1. The van der Waals surface area contributed by atoms with E-state index in [4.69, 9.17) is 0 Å². The van der Waals surface area contributed by atoms with Gasteiger partial charge in [0.2, 0.25) is 0 Å². The van der Waals surface area contributed by atoms with Crippen molar-refractivity contribution in [3.63, 3.8) is 0 Å². The minimum atomic E-state index is -0.744. The molecular weight excluding hydrogens is 322 g/mol. The van der Waals surface area contributed by atoms with E-state index in [-0.39, 0.29) is 17.9 Å². The van der Waals surface area contributed by atoms with E-state index in [0.717, 1.165) is 17.7 Å². The Bertz CT molecular complexity index is 741. The molecule has 1 amide bonds. The number of carbonyl (C=O) groups excluding carboxylic acids is 1. The molecule has 0 radical (unpaired) electrons. The van der Waals surface area contributed by atoms with E-state index in [1.807, 2.05) is 50.4 Å². The fourth-order valence-electron chi connectivity index (χ4n) is 3.62. The Balaban J connectivity index is 1.77. The van der Waals surface area contributed by atoms with E-state index in [1.165, 1.54) is 11.1 Å². The average molecular weight is 348 g/mol. The molecule has 2 N–H and O–H groups in total. The number of quaternary nitrogens is 1. The molecule has 1 aliphatic rings. The lowest BCUT2D eigenvalue weighted by Gasteiger charge is -2.28. The lowest BCUT2D eigenvalue weighted by molar-refractivity contribution is -0.898. The molecule has 0 spiro atoms. The van der Waals surface area contributed by atoms with Crippen LogP contribution in [0.25, 0.3) is 0 Å². The van der Waals surface area contributed by atoms with Gasteiger partial charge in [-0.25, -0.2) is 0 Å². The highest BCUT2D eigenvalue weighted by Gasteiger charge is 2.43. The highest BCUT2D eigenvalue weighted by atomic mass is 16.2. The molecule has 1 fully saturated rings. The zero-order valence-corrected chi connectivity index (χ0v) is 15.4. The van der Waals surface area contributed by atoms with Crippen molar-refractivity contribution in [2.45, 2.75) is 31.3 Å². The van der Waals surface area contributed by atoms with Gasteiger partial charge >= 0.3 is 0 Å². The quantitative estimate of drug-likeness (QED) is 0.805. The minimum Gasteiger partial charge on any atom is -0.333 e. The Morgan fingerprint density at radius 3 is 2.08 bits per heavy atom. The molecule has 1 aliphatic carbocycles. The van der Waals surface area contributed by atoms with Gasteiger partial charge in [-0.05, 0) is 25.7 Å². The highest BCUT2D eigenvalue weighted by molar-refractivity contribution is 5.78. The first kappa shape index (κ1) is 18.2. The average Bonchev–Trinajstić information content (AvgIpc) is 3.49. The van der Waals surface area contributed by atoms with Gasteiger partial charge in [0.05, 0.1) is 13.1 Å². The van der Waals surface area contributed by atoms with Gasteiger partial charge in [-0.1, -0.05) is 60.7 Å². The van der Waals surface area contributed by atoms with E-state index in [2.05, 4.69) is 35.7 Å². The molecule has 0 aromatic heterocycles. The summed E-state index contributed by atoms with van der Waals surface area (Å²) in [5, 5.41) is 12.4. The molecule has 2 atom stereocenters. The Kier molecular flexibility index (Phi) is 5.39. The van der Waals surface area contributed by atoms with Gasteiger partial charge in [0.1, 0.15) is 11.6 Å². The second-order valence-corrected chi connectivity index (χ2v) is 7.41. The Morgan fingerprint density at radius 1 is 1.15 bits per heavy atom. The van der Waals surface area contributed by atoms with Gasteiger partial charge < -0.3 is 10.2 Å². The number of nitriles is 1. The number of benzene rings is 2. The summed E-state index contributed by atoms with van der Waals surface area (Å²) in [6.07, 6.45) is 2.04. The molecule has 0 saturated heterocycles. The summed E-state index contributed by atoms with van der Waals surface area (Å²) in [6, 6.07) is 22.9. The zero-order valence-electron chi connectivity index (χ0n) is 15.4. The van der Waals surface area contributed by atoms with Crippen molar-refractivity contribution in [1.29, 1.82) is 5.26 Å². The second-order valence-electron chi connectivity index (χ2n) is 7.41. The van der Waals surface area contributed by atoms with Gasteiger partial charge in [-0.3, -0.25) is 4.79 Å². The molecule has 1 saturated carbocycles. The standard InChI is InChI=1S/C22H25N3O/c1-22(16-23,19-13-14-19)24-20(26)15-25(2)21(17-9-5-3-6-10-17)18-11-7-4-8-12-18/h3-12,19,21H,13-15H2,1-2H3,(H,24,26)/p+1/t22-/m0/s1. The summed E-state index contributed by atoms with van der Waals surface area (Å²) in [4.78, 5) is 13.7. The third-order valence-electron chi connectivity index (χ3n) is 5.22. The number of hydrogen-bond donors (Lipinski definition) is 2. The number of nitrogens with zero attached hydrogens (tertiary/aromatic N) is 1. The Hall–Kier alpha value is -2.64. The predicted molar refractivity (Wildman–Crippen MR) is 101 cm³/mol. The fourth-order valence-corrected chi connectivity index (χ4v) is 3.62. The second kappa shape index (κ2) is 7.72. The molecular formula is C22H26N3O+. The summed E-state index contributed by atoms with van der Waals surface area (Å²) in [6.45, 7) is 2.15. The van der Waals surface area contributed by atoms with Crippen molar-refractivity contribution in [1.82, 2.24) is 5.32 Å². The van der Waals surface area contributed by atoms with Gasteiger partial charge in [0.25, 0.3) is 5.91 Å². The number of likely N-dealkylation sites (N-methyl/N-ethyl adjacent to an activating group) is 1. The number of amides is 1. The molecule has 4 nitrogen and oxygen atoms in total. The molecule has 3 rings (SSSR count). The predicted octanol–water partition coefficient (Wildman–Crippen LogP) is 2.10. The number of rotatable bonds is 7. The van der Waals surface area contributed by atoms with Gasteiger partial charge in [0.15, 0.2) is 6.54 Å². The van der Waals surface area contributed by atoms with Gasteiger partial charge in [-0.2, -0.15) is 5.26 Å². The Morgan fingerprint density at radius 2 is 1.65 bits per heavy atom. The summed E-state index contributed by atoms with van der Waals surface area (Å²) in [5.41, 5.74) is 1.61. The minimum absolute atomic E-state index is 0.0671. The van der Waals surface area contributed by atoms with Gasteiger partial charge in [-0.15, -0.1) is 0 Å². The molecule has 0 aliphatic heterocycles. The van der Waals surface area contributed by atoms with Gasteiger partial charge in [0, 0.05) is 11.1 Å². The molecule has 134 valence electrons. The molecule has 0 heterocycles. The summed E-state index contributed by atoms with van der Waals surface area (Å²) in [5.74, 6) is 0.214. The Labute approximate surface area is 155 Å². The summed E-state index contributed by atoms with van der Waals surface area (Å²) >= 11 is 0. The first-order chi connectivity index (χ1) is 12.5. The van der Waals surface area contributed by atoms with Crippen LogP contribution in [0.2, 0.25) is 0 Å². The first-order valence-corrected chi connectivity index (χ1v) is 9.18. The smallest absolute Gasteiger partial charge is 0.276 e. The molecule has 1 unspecified atom stereocenters. The molecule has 0 bridgehead atoms. The van der Waals surface area contributed by atoms with Crippen molar-refractivity contribution in [2.24, 2.45) is 5.92 Å². The molecule has 2 aromatic carbocycles. The maximum absolute atomic E-state index is 12.6. The van der Waals surface area contributed by atoms with Crippen molar-refractivity contribution < 1.29 is 9.69 Å². The van der Waals surface area contributed by atoms with Crippen molar-refractivity contribution >= 4 is 5.91 Å².